The molecule has 1 heterocycles. The number of methoxy groups -OCH3 is 4. The maximum absolute atomic E-state index is 13.0. The van der Waals surface area contributed by atoms with Gasteiger partial charge < -0.3 is 24.3 Å². The first-order valence-electron chi connectivity index (χ1n) is 10.9. The predicted octanol–water partition coefficient (Wildman–Crippen LogP) is 5.70. The molecule has 0 aliphatic carbocycles. The SMILES string of the molecule is COc1ccccc1-c1cccc(-c2cccc(NC(=O)c3cc(OC)c(OC)c(OC)c3)c2)n1. The molecule has 0 unspecified atom stereocenters. The highest BCUT2D eigenvalue weighted by atomic mass is 16.5. The Kier molecular flexibility index (Phi) is 7.16. The fourth-order valence-corrected chi connectivity index (χ4v) is 3.77. The Morgan fingerprint density at radius 3 is 2.03 bits per heavy atom. The molecule has 0 atom stereocenters. The van der Waals surface area contributed by atoms with E-state index in [4.69, 9.17) is 23.9 Å². The first kappa shape index (κ1) is 23.6. The number of rotatable bonds is 8. The third-order valence-electron chi connectivity index (χ3n) is 5.48. The van der Waals surface area contributed by atoms with E-state index in [9.17, 15) is 4.79 Å². The lowest BCUT2D eigenvalue weighted by Gasteiger charge is -2.14. The van der Waals surface area contributed by atoms with Crippen molar-refractivity contribution < 1.29 is 23.7 Å². The summed E-state index contributed by atoms with van der Waals surface area (Å²) in [6.07, 6.45) is 0. The molecule has 0 saturated carbocycles. The van der Waals surface area contributed by atoms with Crippen molar-refractivity contribution in [3.63, 3.8) is 0 Å². The molecule has 7 nitrogen and oxygen atoms in total. The van der Waals surface area contributed by atoms with E-state index in [1.807, 2.05) is 66.7 Å². The van der Waals surface area contributed by atoms with Crippen molar-refractivity contribution in [2.24, 2.45) is 0 Å². The zero-order chi connectivity index (χ0) is 24.8. The molecule has 1 aromatic heterocycles. The van der Waals surface area contributed by atoms with Crippen molar-refractivity contribution in [1.29, 1.82) is 0 Å². The molecular formula is C28H26N2O5. The van der Waals surface area contributed by atoms with Crippen molar-refractivity contribution in [2.45, 2.75) is 0 Å². The van der Waals surface area contributed by atoms with Crippen LogP contribution in [0.3, 0.4) is 0 Å². The fourth-order valence-electron chi connectivity index (χ4n) is 3.77. The van der Waals surface area contributed by atoms with Gasteiger partial charge >= 0.3 is 0 Å². The lowest BCUT2D eigenvalue weighted by atomic mass is 10.1. The summed E-state index contributed by atoms with van der Waals surface area (Å²) in [5.74, 6) is 1.68. The maximum atomic E-state index is 13.0. The number of aromatic nitrogens is 1. The van der Waals surface area contributed by atoms with E-state index in [1.165, 1.54) is 21.3 Å². The molecule has 4 rings (SSSR count). The van der Waals surface area contributed by atoms with Crippen LogP contribution in [0.5, 0.6) is 23.0 Å². The molecular weight excluding hydrogens is 444 g/mol. The minimum Gasteiger partial charge on any atom is -0.496 e. The van der Waals surface area contributed by atoms with Gasteiger partial charge in [-0.05, 0) is 48.5 Å². The highest BCUT2D eigenvalue weighted by Crippen LogP contribution is 2.38. The molecule has 0 bridgehead atoms. The average Bonchev–Trinajstić information content (AvgIpc) is 2.92. The smallest absolute Gasteiger partial charge is 0.255 e. The zero-order valence-corrected chi connectivity index (χ0v) is 20.0. The Bertz CT molecular complexity index is 1330. The van der Waals surface area contributed by atoms with Crippen molar-refractivity contribution in [1.82, 2.24) is 4.98 Å². The summed E-state index contributed by atoms with van der Waals surface area (Å²) in [4.78, 5) is 17.8. The number of carbonyl (C=O) groups is 1. The quantitative estimate of drug-likeness (QED) is 0.356. The number of ether oxygens (including phenoxy) is 4. The molecule has 0 aliphatic heterocycles. The third-order valence-corrected chi connectivity index (χ3v) is 5.48. The summed E-state index contributed by atoms with van der Waals surface area (Å²) in [5.41, 5.74) is 4.35. The molecule has 4 aromatic rings. The lowest BCUT2D eigenvalue weighted by molar-refractivity contribution is 0.102. The van der Waals surface area contributed by atoms with Crippen LogP contribution in [0.2, 0.25) is 0 Å². The van der Waals surface area contributed by atoms with E-state index < -0.39 is 0 Å². The lowest BCUT2D eigenvalue weighted by Crippen LogP contribution is -2.12. The second-order valence-electron chi connectivity index (χ2n) is 7.56. The second kappa shape index (κ2) is 10.6. The highest BCUT2D eigenvalue weighted by molar-refractivity contribution is 6.05. The molecule has 0 fully saturated rings. The molecule has 0 radical (unpaired) electrons. The third kappa shape index (κ3) is 5.04. The van der Waals surface area contributed by atoms with Gasteiger partial charge in [0.2, 0.25) is 5.75 Å². The monoisotopic (exact) mass is 470 g/mol. The van der Waals surface area contributed by atoms with Gasteiger partial charge in [-0.15, -0.1) is 0 Å². The Morgan fingerprint density at radius 1 is 0.686 bits per heavy atom. The summed E-state index contributed by atoms with van der Waals surface area (Å²) in [7, 11) is 6.18. The van der Waals surface area contributed by atoms with E-state index in [-0.39, 0.29) is 5.91 Å². The molecule has 178 valence electrons. The van der Waals surface area contributed by atoms with Crippen LogP contribution in [0, 0.1) is 0 Å². The van der Waals surface area contributed by atoms with E-state index in [2.05, 4.69) is 5.32 Å². The molecule has 1 N–H and O–H groups in total. The maximum Gasteiger partial charge on any atom is 0.255 e. The van der Waals surface area contributed by atoms with Gasteiger partial charge in [0, 0.05) is 22.4 Å². The van der Waals surface area contributed by atoms with Crippen molar-refractivity contribution >= 4 is 11.6 Å². The Labute approximate surface area is 204 Å². The Balaban J connectivity index is 1.62. The topological polar surface area (TPSA) is 78.9 Å². The normalized spacial score (nSPS) is 10.4. The average molecular weight is 471 g/mol. The number of benzene rings is 3. The first-order valence-corrected chi connectivity index (χ1v) is 10.9. The minimum atomic E-state index is -0.308. The van der Waals surface area contributed by atoms with E-state index >= 15 is 0 Å². The number of amides is 1. The van der Waals surface area contributed by atoms with Gasteiger partial charge in [0.05, 0.1) is 39.8 Å². The van der Waals surface area contributed by atoms with Crippen LogP contribution < -0.4 is 24.3 Å². The molecule has 35 heavy (non-hydrogen) atoms. The van der Waals surface area contributed by atoms with E-state index in [0.29, 0.717) is 28.5 Å². The molecule has 0 saturated heterocycles. The van der Waals surface area contributed by atoms with E-state index in [1.54, 1.807) is 19.2 Å². The molecule has 7 heteroatoms. The van der Waals surface area contributed by atoms with Crippen molar-refractivity contribution in [3.8, 4) is 45.5 Å². The Morgan fingerprint density at radius 2 is 1.34 bits per heavy atom. The van der Waals surface area contributed by atoms with Gasteiger partial charge in [-0.1, -0.05) is 30.3 Å². The van der Waals surface area contributed by atoms with Crippen LogP contribution in [0.1, 0.15) is 10.4 Å². The molecule has 0 aliphatic rings. The minimum absolute atomic E-state index is 0.308. The molecule has 1 amide bonds. The number of anilines is 1. The van der Waals surface area contributed by atoms with E-state index in [0.717, 1.165) is 28.3 Å². The standard InChI is InChI=1S/C28H26N2O5/c1-32-24-14-6-5-11-21(24)23-13-8-12-22(30-23)18-9-7-10-20(15-18)29-28(31)19-16-25(33-2)27(35-4)26(17-19)34-3/h5-17H,1-4H3,(H,29,31). The number of pyridine rings is 1. The summed E-state index contributed by atoms with van der Waals surface area (Å²) >= 11 is 0. The number of hydrogen-bond donors (Lipinski definition) is 1. The Hall–Kier alpha value is -4.52. The molecule has 0 spiro atoms. The van der Waals surface area contributed by atoms with Crippen LogP contribution in [0.15, 0.2) is 78.9 Å². The predicted molar refractivity (Wildman–Crippen MR) is 136 cm³/mol. The summed E-state index contributed by atoms with van der Waals surface area (Å²) in [6, 6.07) is 24.3. The molecule has 3 aromatic carbocycles. The number of para-hydroxylation sites is 1. The van der Waals surface area contributed by atoms with Gasteiger partial charge in [-0.3, -0.25) is 4.79 Å². The second-order valence-corrected chi connectivity index (χ2v) is 7.56. The fraction of sp³-hybridized carbons (Fsp3) is 0.143. The highest BCUT2D eigenvalue weighted by Gasteiger charge is 2.17. The summed E-state index contributed by atoms with van der Waals surface area (Å²) in [6.45, 7) is 0. The number of carbonyl (C=O) groups excluding carboxylic acids is 1. The zero-order valence-electron chi connectivity index (χ0n) is 20.0. The van der Waals surface area contributed by atoms with Gasteiger partial charge in [0.25, 0.3) is 5.91 Å². The van der Waals surface area contributed by atoms with Crippen molar-refractivity contribution in [3.05, 3.63) is 84.4 Å². The largest absolute Gasteiger partial charge is 0.496 e. The van der Waals surface area contributed by atoms with Crippen LogP contribution >= 0.6 is 0 Å². The van der Waals surface area contributed by atoms with Gasteiger partial charge in [0.15, 0.2) is 11.5 Å². The van der Waals surface area contributed by atoms with Gasteiger partial charge in [-0.25, -0.2) is 4.98 Å². The number of nitrogens with zero attached hydrogens (tertiary/aromatic N) is 1. The van der Waals surface area contributed by atoms with Crippen LogP contribution in [-0.2, 0) is 0 Å². The van der Waals surface area contributed by atoms with Crippen LogP contribution in [0.4, 0.5) is 5.69 Å². The summed E-state index contributed by atoms with van der Waals surface area (Å²) in [5, 5.41) is 2.93. The summed E-state index contributed by atoms with van der Waals surface area (Å²) < 4.78 is 21.5. The van der Waals surface area contributed by atoms with Crippen LogP contribution in [0.25, 0.3) is 22.5 Å². The first-order chi connectivity index (χ1) is 17.1. The number of hydrogen-bond acceptors (Lipinski definition) is 6. The van der Waals surface area contributed by atoms with Crippen molar-refractivity contribution in [2.75, 3.05) is 33.8 Å². The number of nitrogens with one attached hydrogen (secondary N) is 1. The van der Waals surface area contributed by atoms with Gasteiger partial charge in [-0.2, -0.15) is 0 Å². The van der Waals surface area contributed by atoms with Crippen LogP contribution in [-0.4, -0.2) is 39.3 Å². The van der Waals surface area contributed by atoms with Gasteiger partial charge in [0.1, 0.15) is 5.75 Å².